The summed E-state index contributed by atoms with van der Waals surface area (Å²) in [6, 6.07) is -0.227. The van der Waals surface area contributed by atoms with Crippen molar-refractivity contribution in [2.24, 2.45) is 34.7 Å². The average Bonchev–Trinajstić information content (AvgIpc) is 3.08. The van der Waals surface area contributed by atoms with E-state index < -0.39 is 71.7 Å². The lowest BCUT2D eigenvalue weighted by Gasteiger charge is -2.48. The molecule has 0 aromatic rings. The molecule has 2 heterocycles. The van der Waals surface area contributed by atoms with E-state index in [9.17, 15) is 25.2 Å². The lowest BCUT2D eigenvalue weighted by atomic mass is 9.73. The van der Waals surface area contributed by atoms with Crippen LogP contribution in [0, 0.1) is 29.6 Å². The first-order chi connectivity index (χ1) is 23.4. The van der Waals surface area contributed by atoms with E-state index in [0.717, 1.165) is 6.42 Å². The number of nitrogens with zero attached hydrogens (tertiary/aromatic N) is 2. The van der Waals surface area contributed by atoms with Gasteiger partial charge in [-0.2, -0.15) is 0 Å². The molecule has 12 nitrogen and oxygen atoms in total. The number of carbonyl (C=O) groups is 1. The smallest absolute Gasteiger partial charge is 0.311 e. The normalized spacial score (nSPS) is 44.2. The zero-order valence-electron chi connectivity index (χ0n) is 32.7. The number of aliphatic hydroxyl groups excluding tert-OH is 3. The van der Waals surface area contributed by atoms with Crippen molar-refractivity contribution in [3.8, 4) is 0 Å². The topological polar surface area (TPSA) is 160 Å². The third kappa shape index (κ3) is 10.2. The van der Waals surface area contributed by atoms with Crippen molar-refractivity contribution >= 4 is 11.7 Å². The molecule has 0 radical (unpaired) electrons. The van der Waals surface area contributed by atoms with Crippen molar-refractivity contribution in [2.45, 2.75) is 173 Å². The lowest BCUT2D eigenvalue weighted by Crippen LogP contribution is -2.60. The van der Waals surface area contributed by atoms with Crippen LogP contribution in [0.2, 0.25) is 0 Å². The van der Waals surface area contributed by atoms with Gasteiger partial charge in [-0.15, -0.1) is 0 Å². The summed E-state index contributed by atoms with van der Waals surface area (Å²) >= 11 is 0. The molecule has 2 saturated heterocycles. The fourth-order valence-corrected chi connectivity index (χ4v) is 8.58. The fraction of sp³-hybridized carbons (Fsp3) is 0.947. The van der Waals surface area contributed by atoms with Crippen LogP contribution in [0.5, 0.6) is 0 Å². The highest BCUT2D eigenvalue weighted by Crippen LogP contribution is 2.39. The minimum atomic E-state index is -1.84. The van der Waals surface area contributed by atoms with E-state index in [0.29, 0.717) is 31.1 Å². The summed E-state index contributed by atoms with van der Waals surface area (Å²) < 4.78 is 25.0. The number of hydrogen-bond acceptors (Lipinski definition) is 12. The van der Waals surface area contributed by atoms with Gasteiger partial charge < -0.3 is 49.1 Å². The van der Waals surface area contributed by atoms with Crippen LogP contribution >= 0.6 is 0 Å². The summed E-state index contributed by atoms with van der Waals surface area (Å²) in [5.74, 6) is -2.90. The second-order valence-electron chi connectivity index (χ2n) is 16.3. The number of ether oxygens (including phenoxy) is 4. The van der Waals surface area contributed by atoms with Gasteiger partial charge in [-0.25, -0.2) is 0 Å². The number of esters is 1. The number of aliphatic hydroxyl groups is 4. The molecule has 12 heteroatoms. The summed E-state index contributed by atoms with van der Waals surface area (Å²) in [6.07, 6.45) is 1.37. The molecule has 0 aromatic heterocycles. The van der Waals surface area contributed by atoms with Crippen LogP contribution in [0.25, 0.3) is 0 Å². The second kappa shape index (κ2) is 18.6. The van der Waals surface area contributed by atoms with E-state index in [1.54, 1.807) is 34.8 Å². The maximum Gasteiger partial charge on any atom is 0.311 e. The quantitative estimate of drug-likeness (QED) is 0.153. The van der Waals surface area contributed by atoms with E-state index in [2.05, 4.69) is 5.16 Å². The molecule has 3 fully saturated rings. The van der Waals surface area contributed by atoms with Crippen LogP contribution < -0.4 is 0 Å². The summed E-state index contributed by atoms with van der Waals surface area (Å²) in [5, 5.41) is 51.4. The van der Waals surface area contributed by atoms with Gasteiger partial charge in [0.1, 0.15) is 24.4 Å². The molecule has 3 rings (SSSR count). The van der Waals surface area contributed by atoms with Gasteiger partial charge in [0.15, 0.2) is 6.29 Å². The Kier molecular flexibility index (Phi) is 16.0. The molecule has 0 spiro atoms. The highest BCUT2D eigenvalue weighted by atomic mass is 16.7. The average molecular weight is 715 g/mol. The molecule has 0 aromatic carbocycles. The SMILES string of the molecule is CC[C@H]1OC(=O)[C@H](C)[C@@H](O)[C@H](C)[C@@H](O[C@@H]2O[C@H](C)C[C@H](N(C)C)[C@H]2O)[C@](C)(OC)C[C@@H](C)/C(=N\OCCC2CCCCC2)[C@H](C)[C@@H](O)[C@]1(C)O. The summed E-state index contributed by atoms with van der Waals surface area (Å²) in [6.45, 7) is 14.6. The predicted molar refractivity (Wildman–Crippen MR) is 191 cm³/mol. The number of carbonyl (C=O) groups excluding carboxylic acids is 1. The molecular formula is C38H70N2O10. The molecule has 1 saturated carbocycles. The molecule has 292 valence electrons. The molecule has 0 bridgehead atoms. The third-order valence-electron chi connectivity index (χ3n) is 12.1. The molecule has 50 heavy (non-hydrogen) atoms. The third-order valence-corrected chi connectivity index (χ3v) is 12.1. The minimum Gasteiger partial charge on any atom is -0.459 e. The molecule has 4 N–H and O–H groups in total. The monoisotopic (exact) mass is 715 g/mol. The number of likely N-dealkylation sites (N-methyl/N-ethyl adjacent to an activating group) is 1. The first-order valence-corrected chi connectivity index (χ1v) is 19.1. The van der Waals surface area contributed by atoms with Gasteiger partial charge in [-0.05, 0) is 73.4 Å². The van der Waals surface area contributed by atoms with Gasteiger partial charge in [0.25, 0.3) is 0 Å². The van der Waals surface area contributed by atoms with E-state index in [1.165, 1.54) is 39.0 Å². The zero-order chi connectivity index (χ0) is 37.6. The van der Waals surface area contributed by atoms with Gasteiger partial charge in [-0.3, -0.25) is 4.79 Å². The van der Waals surface area contributed by atoms with Crippen molar-refractivity contribution in [3.63, 3.8) is 0 Å². The molecular weight excluding hydrogens is 644 g/mol. The second-order valence-corrected chi connectivity index (χ2v) is 16.3. The van der Waals surface area contributed by atoms with Crippen molar-refractivity contribution < 1.29 is 49.0 Å². The summed E-state index contributed by atoms with van der Waals surface area (Å²) in [7, 11) is 5.37. The van der Waals surface area contributed by atoms with Crippen LogP contribution in [-0.4, -0.2) is 125 Å². The Morgan fingerprint density at radius 1 is 0.980 bits per heavy atom. The first kappa shape index (κ1) is 43.0. The van der Waals surface area contributed by atoms with Gasteiger partial charge in [-0.1, -0.05) is 65.0 Å². The van der Waals surface area contributed by atoms with Gasteiger partial charge in [0, 0.05) is 30.9 Å². The standard InChI is InChI=1S/C38H70N2O10/c1-12-29-38(8,45)33(43)24(4)30(39-47-19-18-27-16-14-13-15-17-27)22(2)21-37(7,46-11)34(25(5)31(41)26(6)35(44)49-29)50-36-32(42)28(40(9)10)20-23(3)48-36/h22-29,31-34,36,41-43,45H,12-21H2,1-11H3/b39-30+/t22-,23-,24+,25+,26-,28+,29-,31+,32-,33-,34-,36+,37-,38-/m1/s1. The van der Waals surface area contributed by atoms with E-state index in [-0.39, 0.29) is 24.5 Å². The number of hydrogen-bond donors (Lipinski definition) is 4. The summed E-state index contributed by atoms with van der Waals surface area (Å²) in [4.78, 5) is 21.5. The van der Waals surface area contributed by atoms with Gasteiger partial charge in [0.2, 0.25) is 0 Å². The van der Waals surface area contributed by atoms with Crippen LogP contribution in [0.3, 0.4) is 0 Å². The van der Waals surface area contributed by atoms with Gasteiger partial charge >= 0.3 is 5.97 Å². The van der Waals surface area contributed by atoms with E-state index >= 15 is 0 Å². The van der Waals surface area contributed by atoms with E-state index in [1.807, 2.05) is 39.8 Å². The molecule has 2 aliphatic heterocycles. The Morgan fingerprint density at radius 2 is 1.62 bits per heavy atom. The number of cyclic esters (lactones) is 1. The number of rotatable bonds is 9. The van der Waals surface area contributed by atoms with E-state index in [4.69, 9.17) is 23.8 Å². The molecule has 14 atom stereocenters. The van der Waals surface area contributed by atoms with Crippen LogP contribution in [0.1, 0.15) is 113 Å². The minimum absolute atomic E-state index is 0.207. The first-order valence-electron chi connectivity index (χ1n) is 19.1. The number of methoxy groups -OCH3 is 1. The Hall–Kier alpha value is -1.38. The van der Waals surface area contributed by atoms with Gasteiger partial charge in [0.05, 0.1) is 41.6 Å². The molecule has 1 aliphatic carbocycles. The van der Waals surface area contributed by atoms with Crippen molar-refractivity contribution in [1.29, 1.82) is 0 Å². The Bertz CT molecular complexity index is 1080. The predicted octanol–water partition coefficient (Wildman–Crippen LogP) is 4.29. The van der Waals surface area contributed by atoms with Crippen molar-refractivity contribution in [1.82, 2.24) is 4.90 Å². The highest BCUT2D eigenvalue weighted by molar-refractivity contribution is 5.88. The van der Waals surface area contributed by atoms with Crippen LogP contribution in [0.4, 0.5) is 0 Å². The summed E-state index contributed by atoms with van der Waals surface area (Å²) in [5.41, 5.74) is -2.43. The fourth-order valence-electron chi connectivity index (χ4n) is 8.58. The maximum atomic E-state index is 13.6. The largest absolute Gasteiger partial charge is 0.459 e. The highest BCUT2D eigenvalue weighted by Gasteiger charge is 2.51. The molecule has 3 aliphatic rings. The van der Waals surface area contributed by atoms with Crippen molar-refractivity contribution in [3.05, 3.63) is 0 Å². The van der Waals surface area contributed by atoms with Crippen molar-refractivity contribution in [2.75, 3.05) is 27.8 Å². The maximum absolute atomic E-state index is 13.6. The Labute approximate surface area is 301 Å². The zero-order valence-corrected chi connectivity index (χ0v) is 32.7. The van der Waals surface area contributed by atoms with Crippen LogP contribution in [-0.2, 0) is 28.6 Å². The van der Waals surface area contributed by atoms with Crippen LogP contribution in [0.15, 0.2) is 5.16 Å². The molecule has 0 amide bonds. The molecule has 0 unspecified atom stereocenters. The Morgan fingerprint density at radius 3 is 2.20 bits per heavy atom. The number of oxime groups is 1. The lowest BCUT2D eigenvalue weighted by molar-refractivity contribution is -0.301. The Balaban J connectivity index is 2.07.